The van der Waals surface area contributed by atoms with Gasteiger partial charge in [-0.15, -0.1) is 0 Å². The molecule has 0 heterocycles. The Balaban J connectivity index is 5.12. The third-order valence-corrected chi connectivity index (χ3v) is 6.25. The third kappa shape index (κ3) is 6.45. The lowest BCUT2D eigenvalue weighted by Crippen LogP contribution is -2.39. The Bertz CT molecular complexity index is 514. The lowest BCUT2D eigenvalue weighted by molar-refractivity contribution is 0.0646. The summed E-state index contributed by atoms with van der Waals surface area (Å²) in [5.74, 6) is 0. The molecule has 0 N–H and O–H groups in total. The first-order valence-corrected chi connectivity index (χ1v) is 9.46. The monoisotopic (exact) mass is 336 g/mol. The molecule has 0 bridgehead atoms. The molecule has 0 saturated heterocycles. The second-order valence-corrected chi connectivity index (χ2v) is 10.8. The van der Waals surface area contributed by atoms with Crippen molar-refractivity contribution in [2.45, 2.75) is 64.7 Å². The minimum atomic E-state index is -3.37. The van der Waals surface area contributed by atoms with E-state index in [2.05, 4.69) is 13.2 Å². The molecule has 0 saturated carbocycles. The van der Waals surface area contributed by atoms with Crippen LogP contribution in [0.1, 0.15) is 54.4 Å². The molecule has 0 aromatic heterocycles. The molecule has 0 aliphatic rings. The third-order valence-electron chi connectivity index (χ3n) is 3.24. The molecule has 124 valence electrons. The zero-order valence-electron chi connectivity index (χ0n) is 13.9. The minimum Gasteiger partial charge on any atom is -0.281 e. The summed E-state index contributed by atoms with van der Waals surface area (Å²) in [5, 5.41) is 2.25. The van der Waals surface area contributed by atoms with Crippen LogP contribution < -0.4 is 0 Å². The average Bonchev–Trinajstić information content (AvgIpc) is 2.24. The van der Waals surface area contributed by atoms with E-state index in [1.807, 2.05) is 27.7 Å². The van der Waals surface area contributed by atoms with Gasteiger partial charge in [-0.3, -0.25) is 4.18 Å². The molecule has 0 amide bonds. The van der Waals surface area contributed by atoms with E-state index in [1.165, 1.54) is 5.41 Å². The molecule has 0 fully saturated rings. The van der Waals surface area contributed by atoms with E-state index in [0.717, 1.165) is 5.41 Å². The maximum Gasteiger partial charge on any atom is 0.181 e. The van der Waals surface area contributed by atoms with Crippen molar-refractivity contribution in [3.05, 3.63) is 24.0 Å². The van der Waals surface area contributed by atoms with E-state index in [9.17, 15) is 12.6 Å². The van der Waals surface area contributed by atoms with Crippen molar-refractivity contribution in [1.29, 1.82) is 0 Å². The maximum atomic E-state index is 12.1. The summed E-state index contributed by atoms with van der Waals surface area (Å²) in [6, 6.07) is 0. The van der Waals surface area contributed by atoms with Gasteiger partial charge in [-0.2, -0.15) is 0 Å². The summed E-state index contributed by atoms with van der Waals surface area (Å²) in [6.07, 6.45) is 1.01. The van der Waals surface area contributed by atoms with Gasteiger partial charge in [-0.05, 0) is 46.0 Å². The summed E-state index contributed by atoms with van der Waals surface area (Å²) >= 11 is -1.54. The van der Waals surface area contributed by atoms with Gasteiger partial charge in [-0.25, -0.2) is 12.6 Å². The molecule has 1 atom stereocenters. The fourth-order valence-corrected chi connectivity index (χ4v) is 4.59. The predicted molar refractivity (Wildman–Crippen MR) is 89.7 cm³/mol. The van der Waals surface area contributed by atoms with Gasteiger partial charge in [0.15, 0.2) is 20.9 Å². The first kappa shape index (κ1) is 20.5. The number of sulfone groups is 1. The van der Waals surface area contributed by atoms with Gasteiger partial charge in [0.2, 0.25) is 0 Å². The molecule has 6 heteroatoms. The van der Waals surface area contributed by atoms with E-state index in [0.29, 0.717) is 12.8 Å². The molecule has 0 aliphatic carbocycles. The highest BCUT2D eigenvalue weighted by Crippen LogP contribution is 2.40. The van der Waals surface area contributed by atoms with Crippen LogP contribution in [0.4, 0.5) is 0 Å². The highest BCUT2D eigenvalue weighted by molar-refractivity contribution is 7.95. The largest absolute Gasteiger partial charge is 0.281 e. The summed E-state index contributed by atoms with van der Waals surface area (Å²) in [5.41, 5.74) is -0.953. The second-order valence-electron chi connectivity index (χ2n) is 7.26. The average molecular weight is 337 g/mol. The quantitative estimate of drug-likeness (QED) is 0.643. The van der Waals surface area contributed by atoms with Crippen LogP contribution in [0.15, 0.2) is 24.0 Å². The van der Waals surface area contributed by atoms with E-state index in [4.69, 9.17) is 4.18 Å². The molecule has 0 radical (unpaired) electrons. The number of hydrogen-bond donors (Lipinski definition) is 0. The van der Waals surface area contributed by atoms with Crippen LogP contribution >= 0.6 is 0 Å². The number of hydrogen-bond acceptors (Lipinski definition) is 4. The topological polar surface area (TPSA) is 60.4 Å². The van der Waals surface area contributed by atoms with Gasteiger partial charge < -0.3 is 0 Å². The van der Waals surface area contributed by atoms with Gasteiger partial charge >= 0.3 is 0 Å². The van der Waals surface area contributed by atoms with Crippen LogP contribution in [-0.2, 0) is 25.1 Å². The van der Waals surface area contributed by atoms with Crippen LogP contribution in [-0.4, -0.2) is 23.0 Å². The van der Waals surface area contributed by atoms with Crippen LogP contribution in [0.5, 0.6) is 0 Å². The molecule has 4 nitrogen and oxygen atoms in total. The van der Waals surface area contributed by atoms with Gasteiger partial charge in [0.25, 0.3) is 0 Å². The zero-order chi connectivity index (χ0) is 17.1. The first-order chi connectivity index (χ1) is 9.18. The van der Waals surface area contributed by atoms with Crippen molar-refractivity contribution >= 4 is 20.9 Å². The lowest BCUT2D eigenvalue weighted by atomic mass is 9.76. The van der Waals surface area contributed by atoms with Crippen LogP contribution in [0, 0.1) is 5.41 Å². The lowest BCUT2D eigenvalue weighted by Gasteiger charge is -2.38. The van der Waals surface area contributed by atoms with Crippen molar-refractivity contribution in [3.8, 4) is 0 Å². The Morgan fingerprint density at radius 1 is 1.05 bits per heavy atom. The number of rotatable bonds is 9. The van der Waals surface area contributed by atoms with Crippen molar-refractivity contribution in [2.24, 2.45) is 5.41 Å². The van der Waals surface area contributed by atoms with Crippen molar-refractivity contribution in [2.75, 3.05) is 0 Å². The van der Waals surface area contributed by atoms with Crippen LogP contribution in [0.2, 0.25) is 0 Å². The second kappa shape index (κ2) is 6.75. The molecule has 0 spiro atoms. The van der Waals surface area contributed by atoms with Crippen molar-refractivity contribution < 1.29 is 16.8 Å². The summed E-state index contributed by atoms with van der Waals surface area (Å²) in [7, 11) is -3.37. The Labute approximate surface area is 132 Å². The first-order valence-electron chi connectivity index (χ1n) is 6.78. The Morgan fingerprint density at radius 2 is 1.52 bits per heavy atom. The van der Waals surface area contributed by atoms with Gasteiger partial charge in [0, 0.05) is 10.8 Å². The molecule has 0 aliphatic heterocycles. The van der Waals surface area contributed by atoms with Gasteiger partial charge in [-0.1, -0.05) is 27.0 Å². The summed E-state index contributed by atoms with van der Waals surface area (Å²) in [6.45, 7) is 17.8. The van der Waals surface area contributed by atoms with E-state index in [-0.39, 0.29) is 5.41 Å². The SMILES string of the molecule is C=CS(=O)OC(C)(C)CC(C)(C)CC(C)(C)S(=O)(=O)C=C. The van der Waals surface area contributed by atoms with E-state index in [1.54, 1.807) is 13.8 Å². The molecular formula is C15H28O4S2. The molecule has 21 heavy (non-hydrogen) atoms. The normalized spacial score (nSPS) is 15.5. The summed E-state index contributed by atoms with van der Waals surface area (Å²) in [4.78, 5) is 0. The van der Waals surface area contributed by atoms with Gasteiger partial charge in [0.05, 0.1) is 10.3 Å². The molecule has 0 aromatic rings. The van der Waals surface area contributed by atoms with E-state index < -0.39 is 31.3 Å². The van der Waals surface area contributed by atoms with Crippen LogP contribution in [0.25, 0.3) is 0 Å². The highest BCUT2D eigenvalue weighted by Gasteiger charge is 2.40. The fraction of sp³-hybridized carbons (Fsp3) is 0.733. The predicted octanol–water partition coefficient (Wildman–Crippen LogP) is 3.73. The maximum absolute atomic E-state index is 12.1. The Morgan fingerprint density at radius 3 is 1.90 bits per heavy atom. The highest BCUT2D eigenvalue weighted by atomic mass is 32.2. The molecule has 0 aromatic carbocycles. The zero-order valence-corrected chi connectivity index (χ0v) is 15.6. The van der Waals surface area contributed by atoms with Crippen molar-refractivity contribution in [3.63, 3.8) is 0 Å². The van der Waals surface area contributed by atoms with Crippen molar-refractivity contribution in [1.82, 2.24) is 0 Å². The minimum absolute atomic E-state index is 0.311. The van der Waals surface area contributed by atoms with Gasteiger partial charge in [0.1, 0.15) is 0 Å². The summed E-state index contributed by atoms with van der Waals surface area (Å²) < 4.78 is 40.1. The Hall–Kier alpha value is -0.460. The molecular weight excluding hydrogens is 308 g/mol. The van der Waals surface area contributed by atoms with E-state index >= 15 is 0 Å². The standard InChI is InChI=1S/C15H28O4S2/c1-9-20(16)19-14(5,6)11-13(3,4)12-15(7,8)21(17,18)10-2/h9-10H,1-2,11-12H2,3-8H3. The molecule has 1 unspecified atom stereocenters. The Kier molecular flexibility index (Phi) is 6.60. The fourth-order valence-electron chi connectivity index (χ4n) is 2.98. The smallest absolute Gasteiger partial charge is 0.181 e. The van der Waals surface area contributed by atoms with Crippen LogP contribution in [0.3, 0.4) is 0 Å². The molecule has 0 rings (SSSR count).